The summed E-state index contributed by atoms with van der Waals surface area (Å²) in [7, 11) is 1.99. The number of nitrogens with zero attached hydrogens (tertiary/aromatic N) is 5. The Morgan fingerprint density at radius 1 is 1.17 bits per heavy atom. The van der Waals surface area contributed by atoms with E-state index in [-0.39, 0.29) is 0 Å². The standard InChI is InChI=1S/C22H31N7/c1-17-26-27-21(28(17)2)16-24-22(25-19-9-4-5-10-19)23-13-7-14-29-15-12-18-8-3-6-11-20(18)29/h3,6,8,11-12,15,19H,4-5,7,9-10,13-14,16H2,1-2H3,(H2,23,24,25). The molecule has 2 heterocycles. The van der Waals surface area contributed by atoms with Crippen LogP contribution >= 0.6 is 0 Å². The second-order valence-electron chi connectivity index (χ2n) is 7.86. The van der Waals surface area contributed by atoms with Crippen molar-refractivity contribution in [2.75, 3.05) is 6.54 Å². The molecule has 0 aliphatic heterocycles. The van der Waals surface area contributed by atoms with Gasteiger partial charge in [0.1, 0.15) is 12.4 Å². The summed E-state index contributed by atoms with van der Waals surface area (Å²) in [6.45, 7) is 4.35. The molecular formula is C22H31N7. The highest BCUT2D eigenvalue weighted by molar-refractivity contribution is 5.80. The zero-order chi connectivity index (χ0) is 20.1. The minimum atomic E-state index is 0.524. The molecule has 0 bridgehead atoms. The van der Waals surface area contributed by atoms with Gasteiger partial charge in [-0.2, -0.15) is 0 Å². The maximum Gasteiger partial charge on any atom is 0.191 e. The normalized spacial score (nSPS) is 15.3. The van der Waals surface area contributed by atoms with Crippen LogP contribution in [0.3, 0.4) is 0 Å². The quantitative estimate of drug-likeness (QED) is 0.367. The van der Waals surface area contributed by atoms with Crippen molar-refractivity contribution in [2.24, 2.45) is 12.0 Å². The Balaban J connectivity index is 1.34. The van der Waals surface area contributed by atoms with Crippen molar-refractivity contribution >= 4 is 16.9 Å². The van der Waals surface area contributed by atoms with Crippen LogP contribution in [-0.4, -0.2) is 37.9 Å². The maximum atomic E-state index is 4.78. The predicted molar refractivity (Wildman–Crippen MR) is 117 cm³/mol. The van der Waals surface area contributed by atoms with Gasteiger partial charge in [0.2, 0.25) is 0 Å². The van der Waals surface area contributed by atoms with Crippen molar-refractivity contribution in [2.45, 2.75) is 58.2 Å². The SMILES string of the molecule is Cc1nnc(CN=C(NCCCn2ccc3ccccc32)NC2CCCC2)n1C. The summed E-state index contributed by atoms with van der Waals surface area (Å²) in [5, 5.41) is 16.8. The fraction of sp³-hybridized carbons (Fsp3) is 0.500. The first-order valence-corrected chi connectivity index (χ1v) is 10.6. The molecule has 1 aliphatic carbocycles. The lowest BCUT2D eigenvalue weighted by molar-refractivity contribution is 0.595. The van der Waals surface area contributed by atoms with E-state index in [9.17, 15) is 0 Å². The molecule has 29 heavy (non-hydrogen) atoms. The molecule has 0 atom stereocenters. The lowest BCUT2D eigenvalue weighted by Crippen LogP contribution is -2.43. The van der Waals surface area contributed by atoms with Crippen LogP contribution in [0.1, 0.15) is 43.8 Å². The summed E-state index contributed by atoms with van der Waals surface area (Å²) < 4.78 is 4.31. The summed E-state index contributed by atoms with van der Waals surface area (Å²) >= 11 is 0. The molecule has 1 fully saturated rings. The fourth-order valence-electron chi connectivity index (χ4n) is 3.95. The molecule has 3 aromatic rings. The highest BCUT2D eigenvalue weighted by Crippen LogP contribution is 2.17. The highest BCUT2D eigenvalue weighted by Gasteiger charge is 2.16. The number of nitrogens with one attached hydrogen (secondary N) is 2. The number of guanidine groups is 1. The summed E-state index contributed by atoms with van der Waals surface area (Å²) in [6, 6.07) is 11.2. The van der Waals surface area contributed by atoms with Gasteiger partial charge in [-0.3, -0.25) is 0 Å². The van der Waals surface area contributed by atoms with E-state index in [1.165, 1.54) is 36.6 Å². The van der Waals surface area contributed by atoms with E-state index >= 15 is 0 Å². The van der Waals surface area contributed by atoms with E-state index in [1.807, 2.05) is 18.5 Å². The maximum absolute atomic E-state index is 4.78. The second-order valence-corrected chi connectivity index (χ2v) is 7.86. The third-order valence-electron chi connectivity index (χ3n) is 5.81. The van der Waals surface area contributed by atoms with Crippen LogP contribution in [0.2, 0.25) is 0 Å². The lowest BCUT2D eigenvalue weighted by atomic mass is 10.2. The molecule has 0 unspecified atom stereocenters. The molecule has 1 aliphatic rings. The summed E-state index contributed by atoms with van der Waals surface area (Å²) in [5.41, 5.74) is 1.29. The molecule has 1 aromatic carbocycles. The first kappa shape index (κ1) is 19.5. The van der Waals surface area contributed by atoms with Crippen LogP contribution in [0.5, 0.6) is 0 Å². The third-order valence-corrected chi connectivity index (χ3v) is 5.81. The van der Waals surface area contributed by atoms with Crippen molar-refractivity contribution in [1.29, 1.82) is 0 Å². The molecular weight excluding hydrogens is 362 g/mol. The lowest BCUT2D eigenvalue weighted by Gasteiger charge is -2.17. The van der Waals surface area contributed by atoms with Gasteiger partial charge in [0.15, 0.2) is 11.8 Å². The average Bonchev–Trinajstić information content (AvgIpc) is 3.46. The van der Waals surface area contributed by atoms with E-state index in [2.05, 4.69) is 61.9 Å². The zero-order valence-corrected chi connectivity index (χ0v) is 17.4. The van der Waals surface area contributed by atoms with Crippen molar-refractivity contribution in [3.8, 4) is 0 Å². The van der Waals surface area contributed by atoms with E-state index in [0.29, 0.717) is 12.6 Å². The number of hydrogen-bond acceptors (Lipinski definition) is 3. The Hall–Kier alpha value is -2.83. The third kappa shape index (κ3) is 4.78. The molecule has 0 spiro atoms. The molecule has 0 saturated heterocycles. The number of para-hydroxylation sites is 1. The van der Waals surface area contributed by atoms with E-state index in [0.717, 1.165) is 37.1 Å². The van der Waals surface area contributed by atoms with E-state index < -0.39 is 0 Å². The summed E-state index contributed by atoms with van der Waals surface area (Å²) in [4.78, 5) is 4.78. The van der Waals surface area contributed by atoms with Crippen molar-refractivity contribution in [3.05, 3.63) is 48.2 Å². The minimum absolute atomic E-state index is 0.524. The summed E-state index contributed by atoms with van der Waals surface area (Å²) in [5.74, 6) is 2.68. The van der Waals surface area contributed by atoms with Gasteiger partial charge in [0.05, 0.1) is 0 Å². The number of benzene rings is 1. The van der Waals surface area contributed by atoms with Gasteiger partial charge in [0, 0.05) is 37.9 Å². The number of fused-ring (bicyclic) bond motifs is 1. The largest absolute Gasteiger partial charge is 0.356 e. The molecule has 154 valence electrons. The molecule has 0 radical (unpaired) electrons. The zero-order valence-electron chi connectivity index (χ0n) is 17.4. The fourth-order valence-corrected chi connectivity index (χ4v) is 3.95. The minimum Gasteiger partial charge on any atom is -0.356 e. The first-order chi connectivity index (χ1) is 14.2. The van der Waals surface area contributed by atoms with Crippen molar-refractivity contribution in [3.63, 3.8) is 0 Å². The first-order valence-electron chi connectivity index (χ1n) is 10.6. The van der Waals surface area contributed by atoms with Crippen LogP contribution < -0.4 is 10.6 Å². The highest BCUT2D eigenvalue weighted by atomic mass is 15.3. The summed E-state index contributed by atoms with van der Waals surface area (Å²) in [6.07, 6.45) is 8.25. The number of hydrogen-bond donors (Lipinski definition) is 2. The van der Waals surface area contributed by atoms with Crippen LogP contribution in [0.25, 0.3) is 10.9 Å². The Morgan fingerprint density at radius 3 is 2.79 bits per heavy atom. The Kier molecular flexibility index (Phi) is 6.12. The molecule has 1 saturated carbocycles. The van der Waals surface area contributed by atoms with E-state index in [4.69, 9.17) is 4.99 Å². The van der Waals surface area contributed by atoms with Crippen LogP contribution in [0.15, 0.2) is 41.5 Å². The molecule has 2 aromatic heterocycles. The van der Waals surface area contributed by atoms with Gasteiger partial charge in [-0.25, -0.2) is 4.99 Å². The van der Waals surface area contributed by atoms with Gasteiger partial charge in [-0.1, -0.05) is 31.0 Å². The number of aromatic nitrogens is 4. The molecule has 7 heteroatoms. The van der Waals surface area contributed by atoms with Crippen LogP contribution in [0, 0.1) is 6.92 Å². The smallest absolute Gasteiger partial charge is 0.191 e. The van der Waals surface area contributed by atoms with Gasteiger partial charge in [-0.05, 0) is 43.7 Å². The van der Waals surface area contributed by atoms with Gasteiger partial charge in [0.25, 0.3) is 0 Å². The second kappa shape index (κ2) is 9.11. The molecule has 4 rings (SSSR count). The van der Waals surface area contributed by atoms with Crippen molar-refractivity contribution in [1.82, 2.24) is 30.0 Å². The Morgan fingerprint density at radius 2 is 2.00 bits per heavy atom. The van der Waals surface area contributed by atoms with Crippen LogP contribution in [-0.2, 0) is 20.1 Å². The van der Waals surface area contributed by atoms with Gasteiger partial charge in [-0.15, -0.1) is 10.2 Å². The monoisotopic (exact) mass is 393 g/mol. The molecule has 7 nitrogen and oxygen atoms in total. The molecule has 0 amide bonds. The topological polar surface area (TPSA) is 72.1 Å². The van der Waals surface area contributed by atoms with Gasteiger partial charge < -0.3 is 19.8 Å². The number of rotatable bonds is 7. The Bertz CT molecular complexity index is 963. The molecule has 2 N–H and O–H groups in total. The Labute approximate surface area is 172 Å². The predicted octanol–water partition coefficient (Wildman–Crippen LogP) is 3.15. The van der Waals surface area contributed by atoms with Crippen molar-refractivity contribution < 1.29 is 0 Å². The number of aliphatic imine (C=N–C) groups is 1. The van der Waals surface area contributed by atoms with Crippen LogP contribution in [0.4, 0.5) is 0 Å². The number of aryl methyl sites for hydroxylation is 2. The average molecular weight is 394 g/mol. The van der Waals surface area contributed by atoms with Gasteiger partial charge >= 0.3 is 0 Å². The van der Waals surface area contributed by atoms with E-state index in [1.54, 1.807) is 0 Å².